The lowest BCUT2D eigenvalue weighted by atomic mass is 10.2. The van der Waals surface area contributed by atoms with Crippen LogP contribution in [0.2, 0.25) is 5.02 Å². The van der Waals surface area contributed by atoms with Crippen molar-refractivity contribution in [3.8, 4) is 22.9 Å². The van der Waals surface area contributed by atoms with Crippen LogP contribution in [-0.4, -0.2) is 42.2 Å². The molecule has 0 fully saturated rings. The molecule has 0 aliphatic carbocycles. The number of ether oxygens (including phenoxy) is 2. The number of methoxy groups -OCH3 is 2. The van der Waals surface area contributed by atoms with E-state index < -0.39 is 0 Å². The van der Waals surface area contributed by atoms with E-state index in [9.17, 15) is 4.79 Å². The third-order valence-electron chi connectivity index (χ3n) is 3.90. The van der Waals surface area contributed by atoms with E-state index >= 15 is 0 Å². The molecule has 0 N–H and O–H groups in total. The lowest BCUT2D eigenvalue weighted by Gasteiger charge is -2.14. The van der Waals surface area contributed by atoms with Crippen molar-refractivity contribution in [3.05, 3.63) is 58.9 Å². The molecule has 1 heterocycles. The third kappa shape index (κ3) is 4.20. The first-order chi connectivity index (χ1) is 13.0. The van der Waals surface area contributed by atoms with Gasteiger partial charge in [0.05, 0.1) is 20.8 Å². The number of carbonyl (C=O) groups is 1. The molecule has 0 spiro atoms. The first-order valence-corrected chi connectivity index (χ1v) is 8.45. The fraction of sp³-hybridized carbons (Fsp3) is 0.211. The summed E-state index contributed by atoms with van der Waals surface area (Å²) in [6.07, 6.45) is 0. The highest BCUT2D eigenvalue weighted by molar-refractivity contribution is 6.30. The second kappa shape index (κ2) is 8.09. The maximum atomic E-state index is 12.5. The number of amides is 1. The number of benzene rings is 2. The van der Waals surface area contributed by atoms with Crippen molar-refractivity contribution < 1.29 is 18.8 Å². The van der Waals surface area contributed by atoms with Gasteiger partial charge in [0, 0.05) is 23.2 Å². The Morgan fingerprint density at radius 2 is 1.93 bits per heavy atom. The largest absolute Gasteiger partial charge is 0.493 e. The normalized spacial score (nSPS) is 10.5. The van der Waals surface area contributed by atoms with E-state index in [-0.39, 0.29) is 12.5 Å². The van der Waals surface area contributed by atoms with E-state index in [2.05, 4.69) is 10.1 Å². The molecular formula is C19H18ClN3O4. The number of rotatable bonds is 6. The predicted octanol–water partition coefficient (Wildman–Crippen LogP) is 3.68. The Kier molecular flexibility index (Phi) is 5.61. The van der Waals surface area contributed by atoms with Crippen LogP contribution in [0.15, 0.2) is 47.0 Å². The maximum Gasteiger partial charge on any atom is 0.254 e. The number of aromatic nitrogens is 2. The van der Waals surface area contributed by atoms with Crippen LogP contribution >= 0.6 is 11.6 Å². The molecule has 3 rings (SSSR count). The van der Waals surface area contributed by atoms with Crippen molar-refractivity contribution in [2.45, 2.75) is 6.54 Å². The number of halogens is 1. The van der Waals surface area contributed by atoms with Gasteiger partial charge in [0.1, 0.15) is 0 Å². The average Bonchev–Trinajstić information content (AvgIpc) is 3.15. The zero-order valence-corrected chi connectivity index (χ0v) is 15.9. The van der Waals surface area contributed by atoms with E-state index in [0.29, 0.717) is 39.4 Å². The van der Waals surface area contributed by atoms with Gasteiger partial charge in [0.2, 0.25) is 11.7 Å². The summed E-state index contributed by atoms with van der Waals surface area (Å²) < 4.78 is 15.8. The van der Waals surface area contributed by atoms with Gasteiger partial charge < -0.3 is 18.9 Å². The van der Waals surface area contributed by atoms with Crippen molar-refractivity contribution in [1.82, 2.24) is 15.0 Å². The van der Waals surface area contributed by atoms with Crippen LogP contribution in [0, 0.1) is 0 Å². The topological polar surface area (TPSA) is 77.7 Å². The van der Waals surface area contributed by atoms with Crippen molar-refractivity contribution >= 4 is 17.5 Å². The Morgan fingerprint density at radius 3 is 2.63 bits per heavy atom. The quantitative estimate of drug-likeness (QED) is 0.642. The van der Waals surface area contributed by atoms with E-state index in [0.717, 1.165) is 0 Å². The molecule has 0 bridgehead atoms. The van der Waals surface area contributed by atoms with Crippen molar-refractivity contribution in [2.75, 3.05) is 21.3 Å². The van der Waals surface area contributed by atoms with E-state index in [1.165, 1.54) is 4.90 Å². The van der Waals surface area contributed by atoms with Gasteiger partial charge in [-0.3, -0.25) is 4.79 Å². The summed E-state index contributed by atoms with van der Waals surface area (Å²) in [5.74, 6) is 1.70. The molecule has 0 radical (unpaired) electrons. The van der Waals surface area contributed by atoms with Crippen LogP contribution in [0.4, 0.5) is 0 Å². The average molecular weight is 388 g/mol. The van der Waals surface area contributed by atoms with Crippen LogP contribution in [0.25, 0.3) is 11.4 Å². The van der Waals surface area contributed by atoms with Gasteiger partial charge in [-0.25, -0.2) is 0 Å². The molecule has 0 saturated heterocycles. The zero-order valence-electron chi connectivity index (χ0n) is 15.1. The minimum Gasteiger partial charge on any atom is -0.493 e. The lowest BCUT2D eigenvalue weighted by Crippen LogP contribution is -2.26. The van der Waals surface area contributed by atoms with Crippen LogP contribution in [-0.2, 0) is 6.54 Å². The first kappa shape index (κ1) is 18.7. The third-order valence-corrected chi connectivity index (χ3v) is 4.14. The molecular weight excluding hydrogens is 370 g/mol. The number of hydrogen-bond acceptors (Lipinski definition) is 6. The molecule has 140 valence electrons. The number of hydrogen-bond donors (Lipinski definition) is 0. The molecule has 7 nitrogen and oxygen atoms in total. The molecule has 27 heavy (non-hydrogen) atoms. The van der Waals surface area contributed by atoms with E-state index in [4.69, 9.17) is 25.6 Å². The van der Waals surface area contributed by atoms with Crippen LogP contribution < -0.4 is 9.47 Å². The fourth-order valence-corrected chi connectivity index (χ4v) is 2.72. The van der Waals surface area contributed by atoms with Gasteiger partial charge in [-0.15, -0.1) is 0 Å². The zero-order chi connectivity index (χ0) is 19.4. The summed E-state index contributed by atoms with van der Waals surface area (Å²) in [6.45, 7) is 0.172. The Labute approximate surface area is 161 Å². The van der Waals surface area contributed by atoms with Crippen LogP contribution in [0.1, 0.15) is 16.2 Å². The minimum absolute atomic E-state index is 0.172. The van der Waals surface area contributed by atoms with Gasteiger partial charge in [-0.1, -0.05) is 22.8 Å². The van der Waals surface area contributed by atoms with Gasteiger partial charge >= 0.3 is 0 Å². The Hall–Kier alpha value is -3.06. The lowest BCUT2D eigenvalue weighted by molar-refractivity contribution is 0.0769. The summed E-state index contributed by atoms with van der Waals surface area (Å²) >= 11 is 5.94. The highest BCUT2D eigenvalue weighted by atomic mass is 35.5. The Bertz CT molecular complexity index is 958. The van der Waals surface area contributed by atoms with Crippen LogP contribution in [0.5, 0.6) is 11.5 Å². The monoisotopic (exact) mass is 387 g/mol. The van der Waals surface area contributed by atoms with Crippen molar-refractivity contribution in [1.29, 1.82) is 0 Å². The summed E-state index contributed by atoms with van der Waals surface area (Å²) in [7, 11) is 4.78. The molecule has 2 aromatic carbocycles. The fourth-order valence-electron chi connectivity index (χ4n) is 2.53. The highest BCUT2D eigenvalue weighted by Gasteiger charge is 2.17. The molecule has 1 amide bonds. The summed E-state index contributed by atoms with van der Waals surface area (Å²) in [5, 5.41) is 4.48. The van der Waals surface area contributed by atoms with Crippen molar-refractivity contribution in [2.24, 2.45) is 0 Å². The Morgan fingerprint density at radius 1 is 1.15 bits per heavy atom. The molecule has 0 aliphatic rings. The van der Waals surface area contributed by atoms with Gasteiger partial charge in [0.25, 0.3) is 5.91 Å². The summed E-state index contributed by atoms with van der Waals surface area (Å²) in [5.41, 5.74) is 1.20. The number of carbonyl (C=O) groups excluding carboxylic acids is 1. The van der Waals surface area contributed by atoms with Gasteiger partial charge in [-0.2, -0.15) is 4.98 Å². The second-order valence-electron chi connectivity index (χ2n) is 5.75. The Balaban J connectivity index is 1.75. The minimum atomic E-state index is -0.191. The smallest absolute Gasteiger partial charge is 0.254 e. The second-order valence-corrected chi connectivity index (χ2v) is 6.19. The molecule has 0 unspecified atom stereocenters. The first-order valence-electron chi connectivity index (χ1n) is 8.08. The SMILES string of the molecule is COc1ccc(-c2noc(CN(C)C(=O)c3cccc(Cl)c3)n2)cc1OC. The van der Waals surface area contributed by atoms with E-state index in [1.807, 2.05) is 0 Å². The molecule has 8 heteroatoms. The standard InChI is InChI=1S/C19H18ClN3O4/c1-23(19(24)13-5-4-6-14(20)9-13)11-17-21-18(22-27-17)12-7-8-15(25-2)16(10-12)26-3/h4-10H,11H2,1-3H3. The number of nitrogens with zero attached hydrogens (tertiary/aromatic N) is 3. The molecule has 1 aromatic heterocycles. The van der Waals surface area contributed by atoms with Crippen LogP contribution in [0.3, 0.4) is 0 Å². The molecule has 3 aromatic rings. The maximum absolute atomic E-state index is 12.5. The van der Waals surface area contributed by atoms with Gasteiger partial charge in [-0.05, 0) is 36.4 Å². The summed E-state index contributed by atoms with van der Waals surface area (Å²) in [4.78, 5) is 18.3. The predicted molar refractivity (Wildman–Crippen MR) is 100 cm³/mol. The van der Waals surface area contributed by atoms with Crippen molar-refractivity contribution in [3.63, 3.8) is 0 Å². The summed E-state index contributed by atoms with van der Waals surface area (Å²) in [6, 6.07) is 12.1. The molecule has 0 aliphatic heterocycles. The van der Waals surface area contributed by atoms with E-state index in [1.54, 1.807) is 63.7 Å². The molecule has 0 atom stereocenters. The molecule has 0 saturated carbocycles. The van der Waals surface area contributed by atoms with Gasteiger partial charge in [0.15, 0.2) is 11.5 Å². The highest BCUT2D eigenvalue weighted by Crippen LogP contribution is 2.31.